The highest BCUT2D eigenvalue weighted by Gasteiger charge is 2.49. The molecule has 0 bridgehead atoms. The Morgan fingerprint density at radius 3 is 1.28 bits per heavy atom. The van der Waals surface area contributed by atoms with Gasteiger partial charge in [-0.25, -0.2) is 27.5 Å². The van der Waals surface area contributed by atoms with Gasteiger partial charge in [-0.15, -0.1) is 0 Å². The van der Waals surface area contributed by atoms with Gasteiger partial charge in [-0.2, -0.15) is 0 Å². The van der Waals surface area contributed by atoms with Crippen molar-refractivity contribution in [2.24, 2.45) is 0 Å². The number of hydrogen-bond acceptors (Lipinski definition) is 4. The zero-order valence-electron chi connectivity index (χ0n) is 29.1. The van der Waals surface area contributed by atoms with Gasteiger partial charge in [-0.3, -0.25) is 9.59 Å². The van der Waals surface area contributed by atoms with Gasteiger partial charge in [0, 0.05) is 12.8 Å². The van der Waals surface area contributed by atoms with E-state index in [-0.39, 0.29) is 24.7 Å². The highest BCUT2D eigenvalue weighted by molar-refractivity contribution is 5.80. The number of aromatic amines is 2. The van der Waals surface area contributed by atoms with Gasteiger partial charge in [0.25, 0.3) is 11.8 Å². The Morgan fingerprint density at radius 1 is 0.556 bits per heavy atom. The number of rotatable bonds is 9. The molecule has 274 valence electrons. The molecule has 12 heteroatoms. The van der Waals surface area contributed by atoms with E-state index in [0.717, 1.165) is 33.4 Å². The summed E-state index contributed by atoms with van der Waals surface area (Å²) in [5, 5.41) is 0. The van der Waals surface area contributed by atoms with Gasteiger partial charge in [-0.05, 0) is 33.4 Å². The first kappa shape index (κ1) is 35.0. The van der Waals surface area contributed by atoms with Crippen LogP contribution < -0.4 is 0 Å². The van der Waals surface area contributed by atoms with E-state index in [0.29, 0.717) is 23.0 Å². The zero-order chi connectivity index (χ0) is 37.5. The van der Waals surface area contributed by atoms with E-state index in [1.54, 1.807) is 36.7 Å². The van der Waals surface area contributed by atoms with Crippen LogP contribution in [-0.2, 0) is 22.4 Å². The van der Waals surface area contributed by atoms with E-state index in [4.69, 9.17) is 0 Å². The van der Waals surface area contributed by atoms with Crippen molar-refractivity contribution in [2.75, 3.05) is 13.1 Å². The topological polar surface area (TPSA) is 98.0 Å². The van der Waals surface area contributed by atoms with E-state index in [9.17, 15) is 27.2 Å². The summed E-state index contributed by atoms with van der Waals surface area (Å²) in [5.74, 6) is -6.14. The van der Waals surface area contributed by atoms with Crippen molar-refractivity contribution in [1.29, 1.82) is 0 Å². The fourth-order valence-electron chi connectivity index (χ4n) is 7.38. The summed E-state index contributed by atoms with van der Waals surface area (Å²) in [5.41, 5.74) is 6.29. The number of benzene rings is 4. The third kappa shape index (κ3) is 7.41. The molecule has 2 saturated heterocycles. The molecule has 54 heavy (non-hydrogen) atoms. The minimum atomic E-state index is -3.02. The van der Waals surface area contributed by atoms with Crippen LogP contribution in [0.4, 0.5) is 17.6 Å². The van der Waals surface area contributed by atoms with E-state index >= 15 is 0 Å². The Balaban J connectivity index is 0.937. The molecule has 1 unspecified atom stereocenters. The lowest BCUT2D eigenvalue weighted by Crippen LogP contribution is -2.34. The zero-order valence-corrected chi connectivity index (χ0v) is 29.1. The summed E-state index contributed by atoms with van der Waals surface area (Å²) in [6.45, 7) is -1.30. The lowest BCUT2D eigenvalue weighted by atomic mass is 10.0. The maximum absolute atomic E-state index is 14.6. The maximum atomic E-state index is 14.6. The smallest absolute Gasteiger partial charge is 0.267 e. The van der Waals surface area contributed by atoms with Crippen LogP contribution in [0.5, 0.6) is 0 Å². The van der Waals surface area contributed by atoms with Crippen molar-refractivity contribution >= 4 is 11.8 Å². The molecule has 2 atom stereocenters. The molecular weight excluding hydrogens is 696 g/mol. The Morgan fingerprint density at radius 2 is 0.907 bits per heavy atom. The van der Waals surface area contributed by atoms with E-state index in [1.165, 1.54) is 9.80 Å². The summed E-state index contributed by atoms with van der Waals surface area (Å²) in [6.07, 6.45) is 2.26. The van der Waals surface area contributed by atoms with Crippen LogP contribution in [0.25, 0.3) is 33.6 Å². The minimum absolute atomic E-state index is 0.0325. The first-order valence-electron chi connectivity index (χ1n) is 17.7. The number of H-pyrrole nitrogens is 2. The molecule has 2 N–H and O–H groups in total. The van der Waals surface area contributed by atoms with Gasteiger partial charge >= 0.3 is 0 Å². The first-order chi connectivity index (χ1) is 26.0. The summed E-state index contributed by atoms with van der Waals surface area (Å²) < 4.78 is 58.4. The van der Waals surface area contributed by atoms with Crippen molar-refractivity contribution in [2.45, 2.75) is 49.6 Å². The van der Waals surface area contributed by atoms with Crippen LogP contribution in [0.3, 0.4) is 0 Å². The van der Waals surface area contributed by atoms with Gasteiger partial charge in [-0.1, -0.05) is 109 Å². The molecule has 4 aromatic carbocycles. The Kier molecular flexibility index (Phi) is 9.12. The van der Waals surface area contributed by atoms with Crippen molar-refractivity contribution in [3.8, 4) is 33.6 Å². The predicted molar refractivity (Wildman–Crippen MR) is 195 cm³/mol. The van der Waals surface area contributed by atoms with Crippen LogP contribution in [0, 0.1) is 0 Å². The Hall–Kier alpha value is -6.04. The van der Waals surface area contributed by atoms with Crippen LogP contribution in [0.2, 0.25) is 0 Å². The Bertz CT molecular complexity index is 2090. The van der Waals surface area contributed by atoms with Crippen LogP contribution in [0.1, 0.15) is 47.7 Å². The first-order valence-corrected chi connectivity index (χ1v) is 17.7. The molecule has 2 aliphatic rings. The average molecular weight is 733 g/mol. The quantitative estimate of drug-likeness (QED) is 0.146. The molecule has 2 aromatic heterocycles. The summed E-state index contributed by atoms with van der Waals surface area (Å²) in [4.78, 5) is 43.9. The van der Waals surface area contributed by atoms with E-state index < -0.39 is 49.9 Å². The van der Waals surface area contributed by atoms with Crippen molar-refractivity contribution in [3.63, 3.8) is 0 Å². The number of carbonyl (C=O) groups excluding carboxylic acids is 2. The molecule has 0 spiro atoms. The number of alkyl halides is 4. The minimum Gasteiger partial charge on any atom is -0.340 e. The van der Waals surface area contributed by atoms with Crippen molar-refractivity contribution in [3.05, 3.63) is 144 Å². The lowest BCUT2D eigenvalue weighted by Gasteiger charge is -2.22. The van der Waals surface area contributed by atoms with Crippen LogP contribution in [0.15, 0.2) is 122 Å². The van der Waals surface area contributed by atoms with Crippen molar-refractivity contribution < 1.29 is 27.2 Å². The highest BCUT2D eigenvalue weighted by atomic mass is 19.3. The molecule has 4 heterocycles. The van der Waals surface area contributed by atoms with Crippen LogP contribution in [-0.4, -0.2) is 66.5 Å². The third-order valence-corrected chi connectivity index (χ3v) is 10.1. The normalized spacial score (nSPS) is 19.0. The number of likely N-dealkylation sites (tertiary alicyclic amines) is 2. The molecule has 0 saturated carbocycles. The van der Waals surface area contributed by atoms with E-state index in [1.807, 2.05) is 84.9 Å². The summed E-state index contributed by atoms with van der Waals surface area (Å²) in [7, 11) is 0. The molecule has 6 aromatic rings. The largest absolute Gasteiger partial charge is 0.340 e. The fourth-order valence-corrected chi connectivity index (χ4v) is 7.38. The number of aromatic nitrogens is 4. The number of carbonyl (C=O) groups is 2. The highest BCUT2D eigenvalue weighted by Crippen LogP contribution is 2.42. The molecular formula is C42H36F4N6O2. The number of amides is 2. The number of nitrogens with one attached hydrogen (secondary N) is 2. The molecule has 0 aliphatic carbocycles. The van der Waals surface area contributed by atoms with Gasteiger partial charge in [0.2, 0.25) is 11.8 Å². The average Bonchev–Trinajstić information content (AvgIpc) is 3.98. The second-order valence-corrected chi connectivity index (χ2v) is 14.0. The SMILES string of the molecule is O=C(Cc1ccccc1)N1CC(F)(F)CC1c1ncc(-c2ccc(-c3ccc(-c4cnc([C@@H]5CC(F)(F)CN5C(=O)Cc5ccccc5)[nH]4)cc3)cc2)[nH]1. The second-order valence-electron chi connectivity index (χ2n) is 14.0. The molecule has 2 fully saturated rings. The van der Waals surface area contributed by atoms with E-state index in [2.05, 4.69) is 19.9 Å². The second kappa shape index (κ2) is 14.1. The number of hydrogen-bond donors (Lipinski definition) is 2. The predicted octanol–water partition coefficient (Wildman–Crippen LogP) is 8.44. The molecule has 2 amide bonds. The number of halogens is 4. The Labute approximate surface area is 308 Å². The van der Waals surface area contributed by atoms with Gasteiger partial charge in [0.05, 0.1) is 61.8 Å². The monoisotopic (exact) mass is 732 g/mol. The van der Waals surface area contributed by atoms with Crippen molar-refractivity contribution in [1.82, 2.24) is 29.7 Å². The third-order valence-electron chi connectivity index (χ3n) is 10.1. The summed E-state index contributed by atoms with van der Waals surface area (Å²) >= 11 is 0. The number of imidazole rings is 2. The maximum Gasteiger partial charge on any atom is 0.267 e. The fraction of sp³-hybridized carbons (Fsp3) is 0.238. The number of nitrogens with zero attached hydrogens (tertiary/aromatic N) is 4. The van der Waals surface area contributed by atoms with Gasteiger partial charge < -0.3 is 19.8 Å². The summed E-state index contributed by atoms with van der Waals surface area (Å²) in [6, 6.07) is 31.8. The molecule has 0 radical (unpaired) electrons. The molecule has 8 rings (SSSR count). The van der Waals surface area contributed by atoms with Gasteiger partial charge in [0.1, 0.15) is 11.6 Å². The van der Waals surface area contributed by atoms with Gasteiger partial charge in [0.15, 0.2) is 0 Å². The lowest BCUT2D eigenvalue weighted by molar-refractivity contribution is -0.133. The molecule has 8 nitrogen and oxygen atoms in total. The molecule has 2 aliphatic heterocycles. The standard InChI is InChI=1S/C42H36F4N6O2/c43-41(44)21-35(51(25-41)37(53)19-27-7-3-1-4-8-27)39-47-23-33(49-39)31-15-11-29(12-16-31)30-13-17-32(18-14-30)34-24-48-40(50-34)36-22-42(45,46)26-52(36)38(54)20-28-9-5-2-6-10-28/h1-18,23-24,35-36H,19-22,25-26H2,(H,47,49)(H,48,50)/t35-,36?/m0/s1. The van der Waals surface area contributed by atoms with Crippen LogP contribution >= 0.6 is 0 Å².